The van der Waals surface area contributed by atoms with Crippen LogP contribution in [-0.4, -0.2) is 25.4 Å². The van der Waals surface area contributed by atoms with E-state index in [4.69, 9.17) is 0 Å². The number of fused-ring (bicyclic) bond motifs is 1. The van der Waals surface area contributed by atoms with Gasteiger partial charge in [-0.1, -0.05) is 29.8 Å². The summed E-state index contributed by atoms with van der Waals surface area (Å²) in [5, 5.41) is 3.48. The smallest absolute Gasteiger partial charge is 0.321 e. The molecular weight excluding hydrogens is 308 g/mol. The maximum atomic E-state index is 12.7. The summed E-state index contributed by atoms with van der Waals surface area (Å²) >= 11 is 0. The fourth-order valence-corrected chi connectivity index (χ4v) is 2.66. The molecule has 0 saturated heterocycles. The molecule has 2 heterocycles. The molecule has 0 spiro atoms. The van der Waals surface area contributed by atoms with Gasteiger partial charge in [0, 0.05) is 26.4 Å². The van der Waals surface area contributed by atoms with Crippen LogP contribution in [0.4, 0.5) is 0 Å². The van der Waals surface area contributed by atoms with Crippen molar-refractivity contribution in [3.63, 3.8) is 0 Å². The standard InChI is InChI=1S/C16H18N6O2/c1-10-5-7-11(8-6-10)13-19-14-12(20(13)3)15(23)22(9-18-17-2)16(24)21(14)4/h5-8,18H,2,9H2,1,3-4H3. The van der Waals surface area contributed by atoms with Gasteiger partial charge in [0.05, 0.1) is 0 Å². The number of aryl methyl sites for hydroxylation is 3. The van der Waals surface area contributed by atoms with Crippen LogP contribution in [0.15, 0.2) is 39.0 Å². The Bertz CT molecular complexity index is 1040. The molecular formula is C16H18N6O2. The number of hydrogen-bond donors (Lipinski definition) is 1. The molecule has 3 rings (SSSR count). The average Bonchev–Trinajstić information content (AvgIpc) is 2.91. The highest BCUT2D eigenvalue weighted by Crippen LogP contribution is 2.21. The SMILES string of the molecule is C=NNCn1c(=O)c2c(nc(-c3ccc(C)cc3)n2C)n(C)c1=O. The fraction of sp³-hybridized carbons (Fsp3) is 0.250. The van der Waals surface area contributed by atoms with Crippen molar-refractivity contribution in [2.45, 2.75) is 13.6 Å². The zero-order valence-corrected chi connectivity index (χ0v) is 13.8. The molecule has 1 aromatic carbocycles. The summed E-state index contributed by atoms with van der Waals surface area (Å²) in [6, 6.07) is 7.84. The highest BCUT2D eigenvalue weighted by Gasteiger charge is 2.18. The molecule has 0 unspecified atom stereocenters. The van der Waals surface area contributed by atoms with Gasteiger partial charge in [-0.2, -0.15) is 5.10 Å². The van der Waals surface area contributed by atoms with Gasteiger partial charge in [0.15, 0.2) is 11.2 Å². The molecule has 0 amide bonds. The molecule has 124 valence electrons. The van der Waals surface area contributed by atoms with Gasteiger partial charge in [-0.15, -0.1) is 0 Å². The van der Waals surface area contributed by atoms with Crippen molar-refractivity contribution in [3.05, 3.63) is 50.7 Å². The Labute approximate surface area is 137 Å². The fourth-order valence-electron chi connectivity index (χ4n) is 2.66. The maximum Gasteiger partial charge on any atom is 0.334 e. The number of benzene rings is 1. The Morgan fingerprint density at radius 3 is 2.46 bits per heavy atom. The minimum atomic E-state index is -0.461. The van der Waals surface area contributed by atoms with Gasteiger partial charge in [0.25, 0.3) is 5.56 Å². The monoisotopic (exact) mass is 326 g/mol. The predicted octanol–water partition coefficient (Wildman–Crippen LogP) is 0.572. The second-order valence-corrected chi connectivity index (χ2v) is 5.58. The highest BCUT2D eigenvalue weighted by molar-refractivity contribution is 5.76. The average molecular weight is 326 g/mol. The summed E-state index contributed by atoms with van der Waals surface area (Å²) in [5.41, 5.74) is 4.38. The van der Waals surface area contributed by atoms with Crippen LogP contribution >= 0.6 is 0 Å². The number of imidazole rings is 1. The Morgan fingerprint density at radius 2 is 1.83 bits per heavy atom. The zero-order chi connectivity index (χ0) is 17.4. The van der Waals surface area contributed by atoms with E-state index in [0.717, 1.165) is 15.7 Å². The van der Waals surface area contributed by atoms with Gasteiger partial charge in [-0.05, 0) is 6.92 Å². The lowest BCUT2D eigenvalue weighted by molar-refractivity contribution is 0.529. The maximum absolute atomic E-state index is 12.7. The zero-order valence-electron chi connectivity index (χ0n) is 13.8. The van der Waals surface area contributed by atoms with Crippen LogP contribution in [0.5, 0.6) is 0 Å². The molecule has 2 aromatic heterocycles. The molecule has 0 saturated carbocycles. The summed E-state index contributed by atoms with van der Waals surface area (Å²) in [6.07, 6.45) is 0. The lowest BCUT2D eigenvalue weighted by atomic mass is 10.1. The minimum absolute atomic E-state index is 0.0456. The second-order valence-electron chi connectivity index (χ2n) is 5.58. The van der Waals surface area contributed by atoms with Crippen LogP contribution < -0.4 is 16.7 Å². The molecule has 0 radical (unpaired) electrons. The van der Waals surface area contributed by atoms with E-state index in [0.29, 0.717) is 17.0 Å². The largest absolute Gasteiger partial charge is 0.334 e. The van der Waals surface area contributed by atoms with Crippen molar-refractivity contribution >= 4 is 17.9 Å². The van der Waals surface area contributed by atoms with Gasteiger partial charge in [-0.3, -0.25) is 14.8 Å². The first-order valence-corrected chi connectivity index (χ1v) is 7.37. The third-order valence-corrected chi connectivity index (χ3v) is 4.01. The van der Waals surface area contributed by atoms with Crippen LogP contribution in [0.1, 0.15) is 5.56 Å². The third-order valence-electron chi connectivity index (χ3n) is 4.01. The lowest BCUT2D eigenvalue weighted by Gasteiger charge is -2.07. The van der Waals surface area contributed by atoms with Crippen LogP contribution in [-0.2, 0) is 20.8 Å². The minimum Gasteiger partial charge on any atom is -0.321 e. The first-order chi connectivity index (χ1) is 11.5. The van der Waals surface area contributed by atoms with Crippen molar-refractivity contribution in [1.29, 1.82) is 0 Å². The molecule has 8 heteroatoms. The Balaban J connectivity index is 2.32. The van der Waals surface area contributed by atoms with E-state index in [1.807, 2.05) is 31.2 Å². The van der Waals surface area contributed by atoms with Crippen molar-refractivity contribution in [2.24, 2.45) is 19.2 Å². The molecule has 0 aliphatic heterocycles. The summed E-state index contributed by atoms with van der Waals surface area (Å²) < 4.78 is 4.14. The molecule has 0 fully saturated rings. The lowest BCUT2D eigenvalue weighted by Crippen LogP contribution is -2.42. The second kappa shape index (κ2) is 5.80. The number of rotatable bonds is 4. The molecule has 3 aromatic rings. The predicted molar refractivity (Wildman–Crippen MR) is 93.1 cm³/mol. The van der Waals surface area contributed by atoms with Gasteiger partial charge >= 0.3 is 5.69 Å². The first kappa shape index (κ1) is 15.7. The molecule has 24 heavy (non-hydrogen) atoms. The number of hydrogen-bond acceptors (Lipinski definition) is 5. The van der Waals surface area contributed by atoms with Crippen LogP contribution in [0.2, 0.25) is 0 Å². The number of hydrazone groups is 1. The Hall–Kier alpha value is -3.16. The van der Waals surface area contributed by atoms with Crippen LogP contribution in [0.3, 0.4) is 0 Å². The summed E-state index contributed by atoms with van der Waals surface area (Å²) in [6.45, 7) is 5.24. The van der Waals surface area contributed by atoms with E-state index < -0.39 is 11.2 Å². The van der Waals surface area contributed by atoms with E-state index in [2.05, 4.69) is 22.2 Å². The Kier molecular flexibility index (Phi) is 3.80. The number of nitrogens with one attached hydrogen (secondary N) is 1. The first-order valence-electron chi connectivity index (χ1n) is 7.37. The highest BCUT2D eigenvalue weighted by atomic mass is 16.2. The van der Waals surface area contributed by atoms with E-state index in [9.17, 15) is 9.59 Å². The molecule has 1 N–H and O–H groups in total. The molecule has 0 aliphatic rings. The van der Waals surface area contributed by atoms with Crippen molar-refractivity contribution in [1.82, 2.24) is 24.1 Å². The van der Waals surface area contributed by atoms with Crippen molar-refractivity contribution in [3.8, 4) is 11.4 Å². The topological polar surface area (TPSA) is 86.2 Å². The van der Waals surface area contributed by atoms with Crippen molar-refractivity contribution in [2.75, 3.05) is 0 Å². The van der Waals surface area contributed by atoms with Crippen molar-refractivity contribution < 1.29 is 0 Å². The molecule has 8 nitrogen and oxygen atoms in total. The number of aromatic nitrogens is 4. The van der Waals surface area contributed by atoms with Crippen LogP contribution in [0, 0.1) is 6.92 Å². The number of nitrogens with zero attached hydrogens (tertiary/aromatic N) is 5. The third kappa shape index (κ3) is 2.32. The summed E-state index contributed by atoms with van der Waals surface area (Å²) in [7, 11) is 3.35. The van der Waals surface area contributed by atoms with E-state index in [1.165, 1.54) is 4.57 Å². The Morgan fingerprint density at radius 1 is 1.17 bits per heavy atom. The summed E-state index contributed by atoms with van der Waals surface area (Å²) in [4.78, 5) is 29.6. The van der Waals surface area contributed by atoms with Gasteiger partial charge in [-0.25, -0.2) is 14.3 Å². The quantitative estimate of drug-likeness (QED) is 0.561. The van der Waals surface area contributed by atoms with Gasteiger partial charge in [0.1, 0.15) is 12.5 Å². The van der Waals surface area contributed by atoms with E-state index in [-0.39, 0.29) is 6.67 Å². The van der Waals surface area contributed by atoms with Gasteiger partial charge < -0.3 is 4.57 Å². The molecule has 0 bridgehead atoms. The summed E-state index contributed by atoms with van der Waals surface area (Å²) in [5.74, 6) is 0.629. The van der Waals surface area contributed by atoms with Gasteiger partial charge in [0.2, 0.25) is 0 Å². The molecule has 0 atom stereocenters. The van der Waals surface area contributed by atoms with E-state index >= 15 is 0 Å². The molecule has 0 aliphatic carbocycles. The van der Waals surface area contributed by atoms with Crippen LogP contribution in [0.25, 0.3) is 22.6 Å². The van der Waals surface area contributed by atoms with E-state index in [1.54, 1.807) is 18.7 Å². The normalized spacial score (nSPS) is 11.0.